The number of sulfonamides is 1. The van der Waals surface area contributed by atoms with Gasteiger partial charge in [0.25, 0.3) is 10.0 Å². The number of nitrogens with one attached hydrogen (secondary N) is 1. The lowest BCUT2D eigenvalue weighted by atomic mass is 10.1. The highest BCUT2D eigenvalue weighted by Crippen LogP contribution is 2.23. The summed E-state index contributed by atoms with van der Waals surface area (Å²) in [6.45, 7) is 4.27. The largest absolute Gasteiger partial charge is 0.497 e. The van der Waals surface area contributed by atoms with Crippen LogP contribution in [0.5, 0.6) is 5.75 Å². The minimum Gasteiger partial charge on any atom is -0.497 e. The average molecular weight is 362 g/mol. The van der Waals surface area contributed by atoms with Gasteiger partial charge < -0.3 is 9.64 Å². The number of para-hydroxylation sites is 1. The van der Waals surface area contributed by atoms with Crippen molar-refractivity contribution in [3.05, 3.63) is 54.1 Å². The molecule has 7 heteroatoms. The number of carbonyl (C=O) groups is 1. The summed E-state index contributed by atoms with van der Waals surface area (Å²) in [6.07, 6.45) is 0. The molecule has 2 aromatic rings. The van der Waals surface area contributed by atoms with Gasteiger partial charge in [0.05, 0.1) is 17.7 Å². The molecular formula is C18H22N2O4S. The standard InChI is InChI=1S/C18H22N2O4S/c1-4-20(14(2)21)13-15-7-5-6-8-18(15)19-25(22,23)17-11-9-16(24-3)10-12-17/h5-12,19H,4,13H2,1-3H3. The van der Waals surface area contributed by atoms with Gasteiger partial charge in [-0.25, -0.2) is 8.42 Å². The van der Waals surface area contributed by atoms with E-state index in [-0.39, 0.29) is 10.8 Å². The molecule has 0 saturated carbocycles. The first-order valence-corrected chi connectivity index (χ1v) is 9.36. The van der Waals surface area contributed by atoms with Crippen molar-refractivity contribution < 1.29 is 17.9 Å². The minimum absolute atomic E-state index is 0.0599. The van der Waals surface area contributed by atoms with E-state index in [2.05, 4.69) is 4.72 Å². The molecule has 0 aromatic heterocycles. The van der Waals surface area contributed by atoms with Crippen LogP contribution in [0, 0.1) is 0 Å². The number of rotatable bonds is 7. The molecule has 2 rings (SSSR count). The van der Waals surface area contributed by atoms with Gasteiger partial charge in [0, 0.05) is 20.0 Å². The highest BCUT2D eigenvalue weighted by atomic mass is 32.2. The number of hydrogen-bond donors (Lipinski definition) is 1. The highest BCUT2D eigenvalue weighted by molar-refractivity contribution is 7.92. The first kappa shape index (κ1) is 18.8. The van der Waals surface area contributed by atoms with Gasteiger partial charge >= 0.3 is 0 Å². The number of anilines is 1. The monoisotopic (exact) mass is 362 g/mol. The topological polar surface area (TPSA) is 75.7 Å². The summed E-state index contributed by atoms with van der Waals surface area (Å²) >= 11 is 0. The predicted octanol–water partition coefficient (Wildman–Crippen LogP) is 2.86. The van der Waals surface area contributed by atoms with Crippen molar-refractivity contribution in [1.29, 1.82) is 0 Å². The number of methoxy groups -OCH3 is 1. The second-order valence-corrected chi connectivity index (χ2v) is 7.15. The van der Waals surface area contributed by atoms with E-state index >= 15 is 0 Å². The molecular weight excluding hydrogens is 340 g/mol. The minimum atomic E-state index is -3.73. The van der Waals surface area contributed by atoms with Crippen LogP contribution in [0.25, 0.3) is 0 Å². The van der Waals surface area contributed by atoms with Crippen LogP contribution < -0.4 is 9.46 Å². The van der Waals surface area contributed by atoms with Gasteiger partial charge in [-0.15, -0.1) is 0 Å². The van der Waals surface area contributed by atoms with Crippen LogP contribution in [0.1, 0.15) is 19.4 Å². The molecule has 1 amide bonds. The van der Waals surface area contributed by atoms with Crippen molar-refractivity contribution in [3.63, 3.8) is 0 Å². The maximum atomic E-state index is 12.6. The zero-order valence-corrected chi connectivity index (χ0v) is 15.3. The van der Waals surface area contributed by atoms with Crippen LogP contribution in [0.3, 0.4) is 0 Å². The summed E-state index contributed by atoms with van der Waals surface area (Å²) in [5, 5.41) is 0. The van der Waals surface area contributed by atoms with E-state index in [9.17, 15) is 13.2 Å². The van der Waals surface area contributed by atoms with Crippen molar-refractivity contribution in [1.82, 2.24) is 4.90 Å². The SMILES string of the molecule is CCN(Cc1ccccc1NS(=O)(=O)c1ccc(OC)cc1)C(C)=O. The third-order valence-corrected chi connectivity index (χ3v) is 5.20. The molecule has 0 spiro atoms. The fourth-order valence-electron chi connectivity index (χ4n) is 2.37. The van der Waals surface area contributed by atoms with Gasteiger partial charge in [-0.05, 0) is 42.8 Å². The lowest BCUT2D eigenvalue weighted by Gasteiger charge is -2.21. The molecule has 0 unspecified atom stereocenters. The van der Waals surface area contributed by atoms with Crippen LogP contribution >= 0.6 is 0 Å². The van der Waals surface area contributed by atoms with E-state index in [0.717, 1.165) is 5.56 Å². The van der Waals surface area contributed by atoms with Crippen LogP contribution in [-0.4, -0.2) is 32.9 Å². The first-order chi connectivity index (χ1) is 11.9. The Labute approximate surface area is 148 Å². The van der Waals surface area contributed by atoms with E-state index in [0.29, 0.717) is 24.5 Å². The number of ether oxygens (including phenoxy) is 1. The summed E-state index contributed by atoms with van der Waals surface area (Å²) in [7, 11) is -2.21. The Bertz CT molecular complexity index is 832. The first-order valence-electron chi connectivity index (χ1n) is 7.87. The molecule has 0 aliphatic rings. The Morgan fingerprint density at radius 1 is 1.12 bits per heavy atom. The molecule has 0 fully saturated rings. The smallest absolute Gasteiger partial charge is 0.261 e. The van der Waals surface area contributed by atoms with Crippen LogP contribution in [0.15, 0.2) is 53.4 Å². The van der Waals surface area contributed by atoms with Crippen molar-refractivity contribution in [3.8, 4) is 5.75 Å². The van der Waals surface area contributed by atoms with Crippen molar-refractivity contribution in [2.75, 3.05) is 18.4 Å². The number of hydrogen-bond acceptors (Lipinski definition) is 4. The van der Waals surface area contributed by atoms with Crippen molar-refractivity contribution >= 4 is 21.6 Å². The molecule has 0 saturated heterocycles. The quantitative estimate of drug-likeness (QED) is 0.822. The van der Waals surface area contributed by atoms with Gasteiger partial charge in [0.2, 0.25) is 5.91 Å². The maximum absolute atomic E-state index is 12.6. The Kier molecular flexibility index (Phi) is 6.03. The molecule has 1 N–H and O–H groups in total. The van der Waals surface area contributed by atoms with E-state index < -0.39 is 10.0 Å². The molecule has 0 heterocycles. The molecule has 0 atom stereocenters. The number of amides is 1. The number of benzene rings is 2. The average Bonchev–Trinajstić information content (AvgIpc) is 2.60. The third-order valence-electron chi connectivity index (χ3n) is 3.82. The summed E-state index contributed by atoms with van der Waals surface area (Å²) in [4.78, 5) is 13.4. The Morgan fingerprint density at radius 2 is 1.76 bits per heavy atom. The number of carbonyl (C=O) groups excluding carboxylic acids is 1. The molecule has 0 radical (unpaired) electrons. The fraction of sp³-hybridized carbons (Fsp3) is 0.278. The van der Waals surface area contributed by atoms with Gasteiger partial charge in [-0.1, -0.05) is 18.2 Å². The van der Waals surface area contributed by atoms with Gasteiger partial charge in [-0.2, -0.15) is 0 Å². The molecule has 0 aliphatic heterocycles. The summed E-state index contributed by atoms with van der Waals surface area (Å²) < 4.78 is 32.9. The Morgan fingerprint density at radius 3 is 2.32 bits per heavy atom. The Hall–Kier alpha value is -2.54. The van der Waals surface area contributed by atoms with Crippen LogP contribution in [0.2, 0.25) is 0 Å². The molecule has 0 aliphatic carbocycles. The molecule has 6 nitrogen and oxygen atoms in total. The number of nitrogens with zero attached hydrogens (tertiary/aromatic N) is 1. The van der Waals surface area contributed by atoms with E-state index in [4.69, 9.17) is 4.74 Å². The van der Waals surface area contributed by atoms with Crippen LogP contribution in [-0.2, 0) is 21.4 Å². The van der Waals surface area contributed by atoms with Crippen molar-refractivity contribution in [2.45, 2.75) is 25.3 Å². The second-order valence-electron chi connectivity index (χ2n) is 5.47. The molecule has 25 heavy (non-hydrogen) atoms. The summed E-state index contributed by atoms with van der Waals surface area (Å²) in [5.74, 6) is 0.523. The Balaban J connectivity index is 2.28. The van der Waals surface area contributed by atoms with Crippen LogP contribution in [0.4, 0.5) is 5.69 Å². The summed E-state index contributed by atoms with van der Waals surface area (Å²) in [5.41, 5.74) is 1.19. The normalized spacial score (nSPS) is 11.0. The van der Waals surface area contributed by atoms with Gasteiger partial charge in [-0.3, -0.25) is 9.52 Å². The van der Waals surface area contributed by atoms with E-state index in [1.165, 1.54) is 26.2 Å². The zero-order chi connectivity index (χ0) is 18.4. The van der Waals surface area contributed by atoms with Gasteiger partial charge in [0.1, 0.15) is 5.75 Å². The highest BCUT2D eigenvalue weighted by Gasteiger charge is 2.17. The summed E-state index contributed by atoms with van der Waals surface area (Å²) in [6, 6.07) is 13.2. The third kappa shape index (κ3) is 4.73. The lowest BCUT2D eigenvalue weighted by Crippen LogP contribution is -2.28. The predicted molar refractivity (Wildman–Crippen MR) is 97.0 cm³/mol. The lowest BCUT2D eigenvalue weighted by molar-refractivity contribution is -0.129. The van der Waals surface area contributed by atoms with E-state index in [1.54, 1.807) is 35.2 Å². The fourth-order valence-corrected chi connectivity index (χ4v) is 3.47. The zero-order valence-electron chi connectivity index (χ0n) is 14.5. The van der Waals surface area contributed by atoms with E-state index in [1.807, 2.05) is 13.0 Å². The van der Waals surface area contributed by atoms with Crippen molar-refractivity contribution in [2.24, 2.45) is 0 Å². The van der Waals surface area contributed by atoms with Gasteiger partial charge in [0.15, 0.2) is 0 Å². The maximum Gasteiger partial charge on any atom is 0.261 e. The molecule has 2 aromatic carbocycles. The second kappa shape index (κ2) is 8.02. The molecule has 134 valence electrons. The molecule has 0 bridgehead atoms.